The number of hydrogen-bond acceptors (Lipinski definition) is 5. The lowest BCUT2D eigenvalue weighted by molar-refractivity contribution is 0.0825. The molecule has 1 atom stereocenters. The molecule has 0 N–H and O–H groups in total. The smallest absolute Gasteiger partial charge is 0.230 e. The van der Waals surface area contributed by atoms with Gasteiger partial charge in [0.1, 0.15) is 5.82 Å². The summed E-state index contributed by atoms with van der Waals surface area (Å²) in [7, 11) is 1.65. The van der Waals surface area contributed by atoms with Crippen molar-refractivity contribution in [3.8, 4) is 0 Å². The maximum absolute atomic E-state index is 13.8. The van der Waals surface area contributed by atoms with Gasteiger partial charge in [0.25, 0.3) is 0 Å². The van der Waals surface area contributed by atoms with Crippen LogP contribution in [0.5, 0.6) is 0 Å². The molecule has 0 radical (unpaired) electrons. The topological polar surface area (TPSA) is 51.4 Å². The molecule has 21 heavy (non-hydrogen) atoms. The molecule has 2 rings (SSSR count). The van der Waals surface area contributed by atoms with Gasteiger partial charge >= 0.3 is 0 Å². The second kappa shape index (κ2) is 7.28. The first kappa shape index (κ1) is 15.6. The zero-order valence-electron chi connectivity index (χ0n) is 12.5. The summed E-state index contributed by atoms with van der Waals surface area (Å²) in [5.41, 5.74) is 0.636. The molecular formula is C15H20FN3O2. The Morgan fingerprint density at radius 1 is 1.29 bits per heavy atom. The highest BCUT2D eigenvalue weighted by Crippen LogP contribution is 2.15. The van der Waals surface area contributed by atoms with Gasteiger partial charge in [-0.3, -0.25) is 4.90 Å². The molecule has 114 valence electrons. The summed E-state index contributed by atoms with van der Waals surface area (Å²) in [6.45, 7) is 5.23. The highest BCUT2D eigenvalue weighted by Gasteiger charge is 2.19. The maximum Gasteiger partial charge on any atom is 0.230 e. The Balaban J connectivity index is 2.13. The molecule has 0 saturated carbocycles. The van der Waals surface area contributed by atoms with E-state index in [-0.39, 0.29) is 11.9 Å². The molecule has 0 fully saturated rings. The van der Waals surface area contributed by atoms with Crippen molar-refractivity contribution in [2.24, 2.45) is 0 Å². The molecule has 1 aromatic heterocycles. The molecule has 0 amide bonds. The van der Waals surface area contributed by atoms with Crippen molar-refractivity contribution in [1.82, 2.24) is 15.1 Å². The number of ether oxygens (including phenoxy) is 1. The monoisotopic (exact) mass is 293 g/mol. The molecule has 1 heterocycles. The molecule has 0 bridgehead atoms. The standard InChI is InChI=1S/C15H20FN3O2/c1-11(10-20-3)19(9-15-18-17-12(2)21-15)8-13-6-4-5-7-14(13)16/h4-7,11H,8-10H2,1-3H3/t11-/m0/s1. The molecular weight excluding hydrogens is 273 g/mol. The van der Waals surface area contributed by atoms with Crippen molar-refractivity contribution in [3.05, 3.63) is 47.4 Å². The van der Waals surface area contributed by atoms with Gasteiger partial charge in [0.2, 0.25) is 11.8 Å². The van der Waals surface area contributed by atoms with Crippen LogP contribution in [0.25, 0.3) is 0 Å². The first-order valence-corrected chi connectivity index (χ1v) is 6.85. The number of rotatable bonds is 7. The fourth-order valence-electron chi connectivity index (χ4n) is 2.13. The fourth-order valence-corrected chi connectivity index (χ4v) is 2.13. The van der Waals surface area contributed by atoms with E-state index in [0.717, 1.165) is 0 Å². The van der Waals surface area contributed by atoms with Gasteiger partial charge in [-0.05, 0) is 13.0 Å². The number of methoxy groups -OCH3 is 1. The third-order valence-electron chi connectivity index (χ3n) is 3.27. The molecule has 0 aliphatic rings. The summed E-state index contributed by atoms with van der Waals surface area (Å²) in [6, 6.07) is 6.85. The normalized spacial score (nSPS) is 12.8. The predicted molar refractivity (Wildman–Crippen MR) is 76.0 cm³/mol. The van der Waals surface area contributed by atoms with E-state index < -0.39 is 0 Å². The summed E-state index contributed by atoms with van der Waals surface area (Å²) in [6.07, 6.45) is 0. The number of hydrogen-bond donors (Lipinski definition) is 0. The van der Waals surface area contributed by atoms with Crippen LogP contribution in [0.3, 0.4) is 0 Å². The van der Waals surface area contributed by atoms with E-state index in [1.54, 1.807) is 26.2 Å². The van der Waals surface area contributed by atoms with Crippen molar-refractivity contribution in [2.45, 2.75) is 33.0 Å². The summed E-state index contributed by atoms with van der Waals surface area (Å²) in [4.78, 5) is 2.05. The second-order valence-electron chi connectivity index (χ2n) is 5.02. The number of aromatic nitrogens is 2. The minimum absolute atomic E-state index is 0.0989. The fraction of sp³-hybridized carbons (Fsp3) is 0.467. The van der Waals surface area contributed by atoms with Gasteiger partial charge in [0.05, 0.1) is 13.2 Å². The van der Waals surface area contributed by atoms with Crippen LogP contribution in [0.1, 0.15) is 24.3 Å². The first-order chi connectivity index (χ1) is 10.1. The molecule has 2 aromatic rings. The van der Waals surface area contributed by atoms with E-state index in [0.29, 0.717) is 37.0 Å². The Hall–Kier alpha value is -1.79. The third kappa shape index (κ3) is 4.34. The van der Waals surface area contributed by atoms with Crippen LogP contribution in [-0.2, 0) is 17.8 Å². The van der Waals surface area contributed by atoms with Crippen LogP contribution in [0.2, 0.25) is 0 Å². The zero-order valence-corrected chi connectivity index (χ0v) is 12.5. The summed E-state index contributed by atoms with van der Waals surface area (Å²) in [5, 5.41) is 7.82. The Labute approximate surface area is 123 Å². The van der Waals surface area contributed by atoms with Crippen LogP contribution in [0, 0.1) is 12.7 Å². The lowest BCUT2D eigenvalue weighted by Gasteiger charge is -2.27. The number of halogens is 1. The van der Waals surface area contributed by atoms with E-state index >= 15 is 0 Å². The highest BCUT2D eigenvalue weighted by atomic mass is 19.1. The Bertz CT molecular complexity index is 574. The van der Waals surface area contributed by atoms with E-state index in [4.69, 9.17) is 9.15 Å². The Kier molecular flexibility index (Phi) is 5.41. The number of nitrogens with zero attached hydrogens (tertiary/aromatic N) is 3. The van der Waals surface area contributed by atoms with Crippen LogP contribution < -0.4 is 0 Å². The lowest BCUT2D eigenvalue weighted by atomic mass is 10.1. The molecule has 5 nitrogen and oxygen atoms in total. The van der Waals surface area contributed by atoms with Gasteiger partial charge < -0.3 is 9.15 Å². The molecule has 0 saturated heterocycles. The maximum atomic E-state index is 13.8. The van der Waals surface area contributed by atoms with Crippen molar-refractivity contribution in [3.63, 3.8) is 0 Å². The summed E-state index contributed by atoms with van der Waals surface area (Å²) in [5.74, 6) is 0.829. The van der Waals surface area contributed by atoms with Gasteiger partial charge in [-0.25, -0.2) is 4.39 Å². The third-order valence-corrected chi connectivity index (χ3v) is 3.27. The average molecular weight is 293 g/mol. The van der Waals surface area contributed by atoms with E-state index in [1.807, 2.05) is 13.0 Å². The first-order valence-electron chi connectivity index (χ1n) is 6.85. The molecule has 6 heteroatoms. The quantitative estimate of drug-likeness (QED) is 0.785. The van der Waals surface area contributed by atoms with E-state index in [9.17, 15) is 4.39 Å². The summed E-state index contributed by atoms with van der Waals surface area (Å²) >= 11 is 0. The van der Waals surface area contributed by atoms with Gasteiger partial charge in [-0.1, -0.05) is 18.2 Å². The molecule has 0 aliphatic carbocycles. The minimum atomic E-state index is -0.214. The number of aryl methyl sites for hydroxylation is 1. The Morgan fingerprint density at radius 2 is 2.05 bits per heavy atom. The predicted octanol–water partition coefficient (Wildman–Crippen LogP) is 2.55. The van der Waals surface area contributed by atoms with Crippen molar-refractivity contribution in [2.75, 3.05) is 13.7 Å². The van der Waals surface area contributed by atoms with Crippen LogP contribution >= 0.6 is 0 Å². The second-order valence-corrected chi connectivity index (χ2v) is 5.02. The number of benzene rings is 1. The van der Waals surface area contributed by atoms with Crippen molar-refractivity contribution < 1.29 is 13.5 Å². The van der Waals surface area contributed by atoms with Crippen molar-refractivity contribution >= 4 is 0 Å². The van der Waals surface area contributed by atoms with Crippen LogP contribution in [0.4, 0.5) is 4.39 Å². The average Bonchev–Trinajstić information content (AvgIpc) is 2.86. The van der Waals surface area contributed by atoms with Crippen molar-refractivity contribution in [1.29, 1.82) is 0 Å². The van der Waals surface area contributed by atoms with Gasteiger partial charge in [0, 0.05) is 32.2 Å². The molecule has 0 spiro atoms. The molecule has 1 aromatic carbocycles. The van der Waals surface area contributed by atoms with Gasteiger partial charge in [-0.15, -0.1) is 10.2 Å². The van der Waals surface area contributed by atoms with E-state index in [2.05, 4.69) is 15.1 Å². The van der Waals surface area contributed by atoms with Crippen LogP contribution in [-0.4, -0.2) is 34.9 Å². The largest absolute Gasteiger partial charge is 0.424 e. The van der Waals surface area contributed by atoms with Crippen LogP contribution in [0.15, 0.2) is 28.7 Å². The molecule has 0 unspecified atom stereocenters. The minimum Gasteiger partial charge on any atom is -0.424 e. The van der Waals surface area contributed by atoms with E-state index in [1.165, 1.54) is 6.07 Å². The molecule has 0 aliphatic heterocycles. The zero-order chi connectivity index (χ0) is 15.2. The van der Waals surface area contributed by atoms with Gasteiger partial charge in [-0.2, -0.15) is 0 Å². The SMILES string of the molecule is COC[C@H](C)N(Cc1nnc(C)o1)Cc1ccccc1F. The Morgan fingerprint density at radius 3 is 2.67 bits per heavy atom. The van der Waals surface area contributed by atoms with Gasteiger partial charge in [0.15, 0.2) is 0 Å². The summed E-state index contributed by atoms with van der Waals surface area (Å²) < 4.78 is 24.4. The lowest BCUT2D eigenvalue weighted by Crippen LogP contribution is -2.35. The highest BCUT2D eigenvalue weighted by molar-refractivity contribution is 5.17.